The molecule has 2 bridgehead atoms. The predicted octanol–water partition coefficient (Wildman–Crippen LogP) is 2.90. The van der Waals surface area contributed by atoms with Gasteiger partial charge >= 0.3 is 5.97 Å². The number of likely N-dealkylation sites (tertiary alicyclic amines) is 1. The molecule has 0 unspecified atom stereocenters. The predicted molar refractivity (Wildman–Crippen MR) is 124 cm³/mol. The quantitative estimate of drug-likeness (QED) is 0.391. The molecule has 1 saturated carbocycles. The van der Waals surface area contributed by atoms with Crippen LogP contribution in [0.5, 0.6) is 0 Å². The summed E-state index contributed by atoms with van der Waals surface area (Å²) >= 11 is 0. The molecule has 2 fully saturated rings. The average Bonchev–Trinajstić information content (AvgIpc) is 3.52. The van der Waals surface area contributed by atoms with Crippen LogP contribution in [0.1, 0.15) is 17.5 Å². The number of anilines is 1. The lowest BCUT2D eigenvalue weighted by Gasteiger charge is -2.26. The van der Waals surface area contributed by atoms with E-state index < -0.39 is 36.4 Å². The highest BCUT2D eigenvalue weighted by molar-refractivity contribution is 6.09. The molecule has 7 heteroatoms. The Morgan fingerprint density at radius 1 is 0.971 bits per heavy atom. The summed E-state index contributed by atoms with van der Waals surface area (Å²) in [5, 5.41) is 2.68. The zero-order chi connectivity index (χ0) is 23.8. The van der Waals surface area contributed by atoms with Gasteiger partial charge in [0.15, 0.2) is 6.61 Å². The molecule has 174 valence electrons. The average molecular weight is 459 g/mol. The van der Waals surface area contributed by atoms with Crippen LogP contribution in [0.25, 0.3) is 0 Å². The zero-order valence-electron chi connectivity index (χ0n) is 18.8. The van der Waals surface area contributed by atoms with Crippen molar-refractivity contribution in [3.8, 4) is 0 Å². The first-order valence-electron chi connectivity index (χ1n) is 11.5. The van der Waals surface area contributed by atoms with Crippen molar-refractivity contribution >= 4 is 29.4 Å². The van der Waals surface area contributed by atoms with Crippen LogP contribution < -0.4 is 5.32 Å². The molecule has 1 N–H and O–H groups in total. The van der Waals surface area contributed by atoms with Crippen molar-refractivity contribution in [1.29, 1.82) is 0 Å². The van der Waals surface area contributed by atoms with E-state index in [4.69, 9.17) is 4.74 Å². The van der Waals surface area contributed by atoms with E-state index >= 15 is 0 Å². The Morgan fingerprint density at radius 3 is 2.21 bits per heavy atom. The van der Waals surface area contributed by atoms with Crippen LogP contribution in [0, 0.1) is 30.6 Å². The van der Waals surface area contributed by atoms with E-state index in [2.05, 4.69) is 5.32 Å². The number of amides is 3. The standard InChI is InChI=1S/C27H26N2O5/c1-16-7-11-20(12-8-16)28-22(30)15-34-27(33)21(13-17-5-3-2-4-6-17)29-25(31)23-18-9-10-19(14-18)24(23)26(29)32/h2-12,18-19,21,23-24H,13-15H2,1H3,(H,28,30)/t18-,19-,21-,23-,24+/m0/s1. The molecule has 0 radical (unpaired) electrons. The van der Waals surface area contributed by atoms with E-state index in [-0.39, 0.29) is 30.1 Å². The van der Waals surface area contributed by atoms with Gasteiger partial charge in [-0.3, -0.25) is 19.3 Å². The number of hydrogen-bond donors (Lipinski definition) is 1. The van der Waals surface area contributed by atoms with Crippen LogP contribution in [0.15, 0.2) is 66.7 Å². The number of rotatable bonds is 7. The molecule has 2 aliphatic carbocycles. The molecule has 2 aromatic rings. The lowest BCUT2D eigenvalue weighted by Crippen LogP contribution is -2.48. The third-order valence-electron chi connectivity index (χ3n) is 7.04. The molecule has 34 heavy (non-hydrogen) atoms. The van der Waals surface area contributed by atoms with E-state index in [9.17, 15) is 19.2 Å². The van der Waals surface area contributed by atoms with E-state index in [1.165, 1.54) is 0 Å². The third-order valence-corrected chi connectivity index (χ3v) is 7.04. The first kappa shape index (κ1) is 22.1. The van der Waals surface area contributed by atoms with Crippen molar-refractivity contribution < 1.29 is 23.9 Å². The first-order valence-corrected chi connectivity index (χ1v) is 11.5. The van der Waals surface area contributed by atoms with Gasteiger partial charge in [0.05, 0.1) is 11.8 Å². The number of carbonyl (C=O) groups excluding carboxylic acids is 4. The summed E-state index contributed by atoms with van der Waals surface area (Å²) in [6, 6.07) is 15.3. The number of ether oxygens (including phenoxy) is 1. The number of hydrogen-bond acceptors (Lipinski definition) is 5. The zero-order valence-corrected chi connectivity index (χ0v) is 18.8. The molecule has 2 aromatic carbocycles. The molecule has 0 aromatic heterocycles. The van der Waals surface area contributed by atoms with Gasteiger partial charge < -0.3 is 10.1 Å². The molecule has 3 aliphatic rings. The molecule has 0 spiro atoms. The van der Waals surface area contributed by atoms with Crippen molar-refractivity contribution in [2.75, 3.05) is 11.9 Å². The Kier molecular flexibility index (Phi) is 5.77. The highest BCUT2D eigenvalue weighted by atomic mass is 16.5. The number of carbonyl (C=O) groups is 4. The third kappa shape index (κ3) is 4.02. The van der Waals surface area contributed by atoms with Crippen molar-refractivity contribution in [3.05, 3.63) is 77.9 Å². The second-order valence-corrected chi connectivity index (χ2v) is 9.27. The topological polar surface area (TPSA) is 92.8 Å². The Morgan fingerprint density at radius 2 is 1.59 bits per heavy atom. The summed E-state index contributed by atoms with van der Waals surface area (Å²) in [4.78, 5) is 53.2. The highest BCUT2D eigenvalue weighted by Gasteiger charge is 2.61. The van der Waals surface area contributed by atoms with Gasteiger partial charge in [0.2, 0.25) is 11.8 Å². The van der Waals surface area contributed by atoms with Gasteiger partial charge in [0.1, 0.15) is 6.04 Å². The maximum atomic E-state index is 13.3. The summed E-state index contributed by atoms with van der Waals surface area (Å²) in [5.74, 6) is -2.59. The number of benzene rings is 2. The van der Waals surface area contributed by atoms with Gasteiger partial charge in [-0.05, 0) is 42.9 Å². The number of fused-ring (bicyclic) bond motifs is 5. The van der Waals surface area contributed by atoms with Crippen LogP contribution in [0.2, 0.25) is 0 Å². The molecule has 7 nitrogen and oxygen atoms in total. The minimum Gasteiger partial charge on any atom is -0.454 e. The Hall–Kier alpha value is -3.74. The minimum absolute atomic E-state index is 0.0464. The molecule has 5 atom stereocenters. The summed E-state index contributed by atoms with van der Waals surface area (Å²) in [6.07, 6.45) is 4.98. The van der Waals surface area contributed by atoms with E-state index in [1.54, 1.807) is 12.1 Å². The van der Waals surface area contributed by atoms with E-state index in [1.807, 2.05) is 61.5 Å². The Labute approximate surface area is 197 Å². The fourth-order valence-electron chi connectivity index (χ4n) is 5.42. The fourth-order valence-corrected chi connectivity index (χ4v) is 5.42. The highest BCUT2D eigenvalue weighted by Crippen LogP contribution is 2.53. The number of imide groups is 1. The summed E-state index contributed by atoms with van der Waals surface area (Å²) < 4.78 is 5.32. The molecular formula is C27H26N2O5. The van der Waals surface area contributed by atoms with Crippen LogP contribution in [0.3, 0.4) is 0 Å². The summed E-state index contributed by atoms with van der Waals surface area (Å²) in [7, 11) is 0. The number of esters is 1. The number of nitrogens with one attached hydrogen (secondary N) is 1. The second kappa shape index (κ2) is 8.89. The lowest BCUT2D eigenvalue weighted by molar-refractivity contribution is -0.160. The molecule has 3 amide bonds. The van der Waals surface area contributed by atoms with Crippen molar-refractivity contribution in [3.63, 3.8) is 0 Å². The van der Waals surface area contributed by atoms with Crippen molar-refractivity contribution in [2.24, 2.45) is 23.7 Å². The second-order valence-electron chi connectivity index (χ2n) is 9.27. The molecule has 5 rings (SSSR count). The number of nitrogens with zero attached hydrogens (tertiary/aromatic N) is 1. The van der Waals surface area contributed by atoms with Gasteiger partial charge in [-0.15, -0.1) is 0 Å². The number of allylic oxidation sites excluding steroid dienone is 2. The van der Waals surface area contributed by atoms with Gasteiger partial charge in [-0.1, -0.05) is 60.2 Å². The molecule has 1 heterocycles. The Balaban J connectivity index is 1.31. The molecular weight excluding hydrogens is 432 g/mol. The summed E-state index contributed by atoms with van der Waals surface area (Å²) in [5.41, 5.74) is 2.45. The SMILES string of the molecule is Cc1ccc(NC(=O)COC(=O)[C@H](Cc2ccccc2)N2C(=O)[C@@H]3[C@H](C2=O)[C@H]2C=C[C@H]3C2)cc1. The maximum absolute atomic E-state index is 13.3. The van der Waals surface area contributed by atoms with Gasteiger partial charge in [0.25, 0.3) is 5.91 Å². The van der Waals surface area contributed by atoms with E-state index in [0.717, 1.165) is 22.4 Å². The smallest absolute Gasteiger partial charge is 0.330 e. The Bertz CT molecular complexity index is 1130. The van der Waals surface area contributed by atoms with Crippen molar-refractivity contribution in [1.82, 2.24) is 4.90 Å². The van der Waals surface area contributed by atoms with Gasteiger partial charge in [-0.2, -0.15) is 0 Å². The molecule has 1 saturated heterocycles. The minimum atomic E-state index is -1.11. The van der Waals surface area contributed by atoms with Crippen LogP contribution in [-0.2, 0) is 30.3 Å². The monoisotopic (exact) mass is 458 g/mol. The number of aryl methyl sites for hydroxylation is 1. The first-order chi connectivity index (χ1) is 16.4. The van der Waals surface area contributed by atoms with Gasteiger partial charge in [-0.25, -0.2) is 4.79 Å². The fraction of sp³-hybridized carbons (Fsp3) is 0.333. The molecule has 1 aliphatic heterocycles. The van der Waals surface area contributed by atoms with Crippen LogP contribution >= 0.6 is 0 Å². The normalized spacial score (nSPS) is 25.4. The van der Waals surface area contributed by atoms with Gasteiger partial charge in [0, 0.05) is 12.1 Å². The summed E-state index contributed by atoms with van der Waals surface area (Å²) in [6.45, 7) is 1.44. The lowest BCUT2D eigenvalue weighted by atomic mass is 9.85. The largest absolute Gasteiger partial charge is 0.454 e. The maximum Gasteiger partial charge on any atom is 0.330 e. The van der Waals surface area contributed by atoms with Crippen LogP contribution in [-0.4, -0.2) is 41.2 Å². The van der Waals surface area contributed by atoms with Crippen LogP contribution in [0.4, 0.5) is 5.69 Å². The van der Waals surface area contributed by atoms with Crippen molar-refractivity contribution in [2.45, 2.75) is 25.8 Å². The van der Waals surface area contributed by atoms with E-state index in [0.29, 0.717) is 5.69 Å².